The van der Waals surface area contributed by atoms with Crippen molar-refractivity contribution >= 4 is 24.2 Å². The van der Waals surface area contributed by atoms with E-state index in [9.17, 15) is 14.0 Å². The summed E-state index contributed by atoms with van der Waals surface area (Å²) in [5.74, 6) is -0.707. The molecular weight excluding hydrogens is 333 g/mol. The highest BCUT2D eigenvalue weighted by molar-refractivity contribution is 5.94. The zero-order chi connectivity index (χ0) is 17.0. The van der Waals surface area contributed by atoms with Gasteiger partial charge in [-0.25, -0.2) is 4.39 Å². The SMILES string of the molecule is CCCC(C)(N)C(=O)N1CCN(C(=O)c2cccc(F)c2)CC1.Cl. The summed E-state index contributed by atoms with van der Waals surface area (Å²) in [4.78, 5) is 28.2. The first-order chi connectivity index (χ1) is 10.8. The third-order valence-corrected chi connectivity index (χ3v) is 4.18. The zero-order valence-corrected chi connectivity index (χ0v) is 14.9. The van der Waals surface area contributed by atoms with Crippen LogP contribution in [0.1, 0.15) is 37.0 Å². The van der Waals surface area contributed by atoms with Crippen LogP contribution >= 0.6 is 12.4 Å². The number of rotatable bonds is 4. The Balaban J connectivity index is 0.00000288. The Morgan fingerprint density at radius 1 is 1.21 bits per heavy atom. The summed E-state index contributed by atoms with van der Waals surface area (Å²) in [5.41, 5.74) is 5.57. The first-order valence-corrected chi connectivity index (χ1v) is 7.98. The van der Waals surface area contributed by atoms with Crippen LogP contribution in [0.25, 0.3) is 0 Å². The van der Waals surface area contributed by atoms with Crippen molar-refractivity contribution in [3.63, 3.8) is 0 Å². The molecule has 2 rings (SSSR count). The molecule has 7 heteroatoms. The number of nitrogens with two attached hydrogens (primary N) is 1. The molecule has 1 unspecified atom stereocenters. The van der Waals surface area contributed by atoms with Gasteiger partial charge in [0.25, 0.3) is 5.91 Å². The quantitative estimate of drug-likeness (QED) is 0.896. The molecule has 0 aromatic heterocycles. The molecule has 1 aromatic rings. The summed E-state index contributed by atoms with van der Waals surface area (Å²) in [6, 6.07) is 5.66. The van der Waals surface area contributed by atoms with Gasteiger partial charge in [-0.2, -0.15) is 0 Å². The highest BCUT2D eigenvalue weighted by Gasteiger charge is 2.34. The van der Waals surface area contributed by atoms with Crippen LogP contribution in [0.4, 0.5) is 4.39 Å². The number of piperazine rings is 1. The van der Waals surface area contributed by atoms with E-state index in [0.717, 1.165) is 6.42 Å². The van der Waals surface area contributed by atoms with Crippen LogP contribution in [0.15, 0.2) is 24.3 Å². The van der Waals surface area contributed by atoms with E-state index in [2.05, 4.69) is 0 Å². The smallest absolute Gasteiger partial charge is 0.254 e. The van der Waals surface area contributed by atoms with Crippen LogP contribution in [0.2, 0.25) is 0 Å². The Hall–Kier alpha value is -1.66. The molecule has 134 valence electrons. The van der Waals surface area contributed by atoms with Gasteiger partial charge in [-0.05, 0) is 31.5 Å². The lowest BCUT2D eigenvalue weighted by atomic mass is 9.95. The van der Waals surface area contributed by atoms with Gasteiger partial charge >= 0.3 is 0 Å². The number of nitrogens with zero attached hydrogens (tertiary/aromatic N) is 2. The highest BCUT2D eigenvalue weighted by atomic mass is 35.5. The molecule has 24 heavy (non-hydrogen) atoms. The molecule has 0 bridgehead atoms. The van der Waals surface area contributed by atoms with Crippen LogP contribution < -0.4 is 5.73 Å². The fourth-order valence-electron chi connectivity index (χ4n) is 2.90. The lowest BCUT2D eigenvalue weighted by molar-refractivity contribution is -0.138. The molecule has 1 atom stereocenters. The normalized spacial score (nSPS) is 17.0. The Morgan fingerprint density at radius 2 is 1.79 bits per heavy atom. The molecule has 1 aromatic carbocycles. The first kappa shape index (κ1) is 20.4. The van der Waals surface area contributed by atoms with Crippen LogP contribution in [0.5, 0.6) is 0 Å². The molecule has 1 fully saturated rings. The van der Waals surface area contributed by atoms with E-state index in [1.807, 2.05) is 6.92 Å². The lowest BCUT2D eigenvalue weighted by Gasteiger charge is -2.38. The van der Waals surface area contributed by atoms with Gasteiger partial charge in [0.1, 0.15) is 5.82 Å². The lowest BCUT2D eigenvalue weighted by Crippen LogP contribution is -2.58. The average Bonchev–Trinajstić information content (AvgIpc) is 2.53. The summed E-state index contributed by atoms with van der Waals surface area (Å²) in [5, 5.41) is 0. The summed E-state index contributed by atoms with van der Waals surface area (Å²) < 4.78 is 13.2. The highest BCUT2D eigenvalue weighted by Crippen LogP contribution is 2.16. The zero-order valence-electron chi connectivity index (χ0n) is 14.1. The second kappa shape index (κ2) is 8.44. The van der Waals surface area contributed by atoms with Crippen molar-refractivity contribution in [1.29, 1.82) is 0 Å². The maximum Gasteiger partial charge on any atom is 0.254 e. The number of benzene rings is 1. The van der Waals surface area contributed by atoms with Crippen molar-refractivity contribution in [1.82, 2.24) is 9.80 Å². The number of carbonyl (C=O) groups excluding carboxylic acids is 2. The maximum absolute atomic E-state index is 13.2. The van der Waals surface area contributed by atoms with Gasteiger partial charge in [-0.15, -0.1) is 12.4 Å². The Bertz CT molecular complexity index is 587. The fourth-order valence-corrected chi connectivity index (χ4v) is 2.90. The molecule has 1 saturated heterocycles. The minimum atomic E-state index is -0.858. The number of hydrogen-bond donors (Lipinski definition) is 1. The predicted molar refractivity (Wildman–Crippen MR) is 93.6 cm³/mol. The number of amides is 2. The number of carbonyl (C=O) groups is 2. The summed E-state index contributed by atoms with van der Waals surface area (Å²) in [6.45, 7) is 5.52. The van der Waals surface area contributed by atoms with Crippen LogP contribution in [0, 0.1) is 5.82 Å². The van der Waals surface area contributed by atoms with Gasteiger partial charge in [0.15, 0.2) is 0 Å². The molecular formula is C17H25ClFN3O2. The molecule has 5 nitrogen and oxygen atoms in total. The van der Waals surface area contributed by atoms with Crippen LogP contribution in [-0.4, -0.2) is 53.3 Å². The molecule has 0 radical (unpaired) electrons. The molecule has 2 N–H and O–H groups in total. The topological polar surface area (TPSA) is 66.6 Å². The minimum Gasteiger partial charge on any atom is -0.338 e. The molecule has 1 aliphatic heterocycles. The molecule has 2 amide bonds. The largest absolute Gasteiger partial charge is 0.338 e. The third kappa shape index (κ3) is 4.68. The monoisotopic (exact) mass is 357 g/mol. The van der Waals surface area contributed by atoms with Gasteiger partial charge in [0.05, 0.1) is 5.54 Å². The van der Waals surface area contributed by atoms with E-state index in [4.69, 9.17) is 5.73 Å². The molecule has 1 aliphatic rings. The Kier molecular flexibility index (Phi) is 7.17. The van der Waals surface area contributed by atoms with Crippen molar-refractivity contribution in [2.24, 2.45) is 5.73 Å². The van der Waals surface area contributed by atoms with Gasteiger partial charge < -0.3 is 15.5 Å². The maximum atomic E-state index is 13.2. The number of hydrogen-bond acceptors (Lipinski definition) is 3. The number of halogens is 2. The van der Waals surface area contributed by atoms with Crippen LogP contribution in [0.3, 0.4) is 0 Å². The average molecular weight is 358 g/mol. The van der Waals surface area contributed by atoms with Crippen molar-refractivity contribution in [2.75, 3.05) is 26.2 Å². The van der Waals surface area contributed by atoms with E-state index >= 15 is 0 Å². The standard InChI is InChI=1S/C17H24FN3O2.ClH/c1-3-7-17(2,19)16(23)21-10-8-20(9-11-21)15(22)13-5-4-6-14(18)12-13;/h4-6,12H,3,7-11,19H2,1-2H3;1H. The van der Waals surface area contributed by atoms with Gasteiger partial charge in [-0.3, -0.25) is 9.59 Å². The molecule has 0 spiro atoms. The van der Waals surface area contributed by atoms with Gasteiger partial charge in [0, 0.05) is 31.7 Å². The van der Waals surface area contributed by atoms with Crippen molar-refractivity contribution in [3.05, 3.63) is 35.6 Å². The van der Waals surface area contributed by atoms with E-state index < -0.39 is 11.4 Å². The minimum absolute atomic E-state index is 0. The second-order valence-corrected chi connectivity index (χ2v) is 6.26. The third-order valence-electron chi connectivity index (χ3n) is 4.18. The Morgan fingerprint density at radius 3 is 2.33 bits per heavy atom. The fraction of sp³-hybridized carbons (Fsp3) is 0.529. The predicted octanol–water partition coefficient (Wildman–Crippen LogP) is 2.05. The summed E-state index contributed by atoms with van der Waals surface area (Å²) in [7, 11) is 0. The Labute approximate surface area is 148 Å². The first-order valence-electron chi connectivity index (χ1n) is 7.98. The summed E-state index contributed by atoms with van der Waals surface area (Å²) >= 11 is 0. The van der Waals surface area contributed by atoms with Crippen molar-refractivity contribution < 1.29 is 14.0 Å². The van der Waals surface area contributed by atoms with E-state index in [1.165, 1.54) is 18.2 Å². The van der Waals surface area contributed by atoms with Gasteiger partial charge in [-0.1, -0.05) is 19.4 Å². The second-order valence-electron chi connectivity index (χ2n) is 6.26. The molecule has 0 aliphatic carbocycles. The van der Waals surface area contributed by atoms with Crippen molar-refractivity contribution in [2.45, 2.75) is 32.2 Å². The van der Waals surface area contributed by atoms with Crippen molar-refractivity contribution in [3.8, 4) is 0 Å². The van der Waals surface area contributed by atoms with E-state index in [1.54, 1.807) is 22.8 Å². The van der Waals surface area contributed by atoms with Gasteiger partial charge in [0.2, 0.25) is 5.91 Å². The van der Waals surface area contributed by atoms with E-state index in [-0.39, 0.29) is 24.2 Å². The van der Waals surface area contributed by atoms with Crippen LogP contribution in [-0.2, 0) is 4.79 Å². The van der Waals surface area contributed by atoms with E-state index in [0.29, 0.717) is 38.2 Å². The summed E-state index contributed by atoms with van der Waals surface area (Å²) in [6.07, 6.45) is 1.48. The molecule has 0 saturated carbocycles. The molecule has 1 heterocycles.